The predicted molar refractivity (Wildman–Crippen MR) is 47.7 cm³/mol. The number of halogens is 1. The van der Waals surface area contributed by atoms with Crippen molar-refractivity contribution >= 4 is 5.71 Å². The van der Waals surface area contributed by atoms with E-state index < -0.39 is 0 Å². The van der Waals surface area contributed by atoms with Gasteiger partial charge in [-0.25, -0.2) is 4.39 Å². The fraction of sp³-hybridized carbons (Fsp3) is 0.300. The van der Waals surface area contributed by atoms with Gasteiger partial charge in [-0.15, -0.1) is 0 Å². The molecule has 2 nitrogen and oxygen atoms in total. The zero-order valence-corrected chi connectivity index (χ0v) is 7.13. The lowest BCUT2D eigenvalue weighted by atomic mass is 9.90. The lowest BCUT2D eigenvalue weighted by Crippen LogP contribution is -2.13. The topological polar surface area (TPSA) is 32.6 Å². The Hall–Kier alpha value is -1.38. The minimum Gasteiger partial charge on any atom is -0.411 e. The Kier molecular flexibility index (Phi) is 2.00. The fourth-order valence-corrected chi connectivity index (χ4v) is 1.75. The normalized spacial score (nSPS) is 18.7. The third-order valence-electron chi connectivity index (χ3n) is 2.39. The van der Waals surface area contributed by atoms with Crippen molar-refractivity contribution in [1.29, 1.82) is 0 Å². The molecule has 0 spiro atoms. The summed E-state index contributed by atoms with van der Waals surface area (Å²) in [5.41, 5.74) is 2.04. The maximum atomic E-state index is 13.2. The van der Waals surface area contributed by atoms with Crippen molar-refractivity contribution in [3.05, 3.63) is 35.1 Å². The summed E-state index contributed by atoms with van der Waals surface area (Å²) in [6.45, 7) is 0. The molecule has 0 aromatic heterocycles. The highest BCUT2D eigenvalue weighted by Gasteiger charge is 2.18. The Bertz CT molecular complexity index is 360. The first-order valence-electron chi connectivity index (χ1n) is 4.31. The summed E-state index contributed by atoms with van der Waals surface area (Å²) in [5.74, 6) is -0.196. The Morgan fingerprint density at radius 3 is 2.92 bits per heavy atom. The highest BCUT2D eigenvalue weighted by molar-refractivity contribution is 6.02. The summed E-state index contributed by atoms with van der Waals surface area (Å²) in [4.78, 5) is 0. The molecule has 1 aromatic rings. The second kappa shape index (κ2) is 3.17. The molecule has 2 rings (SSSR count). The molecule has 0 amide bonds. The molecule has 3 heteroatoms. The van der Waals surface area contributed by atoms with E-state index in [9.17, 15) is 4.39 Å². The van der Waals surface area contributed by atoms with Crippen LogP contribution in [0.25, 0.3) is 0 Å². The zero-order valence-electron chi connectivity index (χ0n) is 7.13. The van der Waals surface area contributed by atoms with Crippen molar-refractivity contribution in [2.75, 3.05) is 0 Å². The molecule has 1 aliphatic rings. The van der Waals surface area contributed by atoms with Gasteiger partial charge in [0.25, 0.3) is 0 Å². The monoisotopic (exact) mass is 179 g/mol. The molecule has 13 heavy (non-hydrogen) atoms. The summed E-state index contributed by atoms with van der Waals surface area (Å²) >= 11 is 0. The first-order valence-corrected chi connectivity index (χ1v) is 4.31. The van der Waals surface area contributed by atoms with E-state index in [0.29, 0.717) is 11.3 Å². The van der Waals surface area contributed by atoms with Crippen LogP contribution < -0.4 is 0 Å². The fourth-order valence-electron chi connectivity index (χ4n) is 1.75. The number of fused-ring (bicyclic) bond motifs is 1. The van der Waals surface area contributed by atoms with Gasteiger partial charge in [-0.05, 0) is 30.9 Å². The van der Waals surface area contributed by atoms with E-state index in [2.05, 4.69) is 5.16 Å². The number of rotatable bonds is 0. The second-order valence-corrected chi connectivity index (χ2v) is 3.17. The largest absolute Gasteiger partial charge is 0.411 e. The second-order valence-electron chi connectivity index (χ2n) is 3.17. The van der Waals surface area contributed by atoms with Crippen LogP contribution in [-0.2, 0) is 6.42 Å². The smallest absolute Gasteiger partial charge is 0.127 e. The summed E-state index contributed by atoms with van der Waals surface area (Å²) in [7, 11) is 0. The molecule has 0 heterocycles. The van der Waals surface area contributed by atoms with Crippen molar-refractivity contribution in [3.63, 3.8) is 0 Å². The maximum absolute atomic E-state index is 13.2. The number of oxime groups is 1. The number of benzene rings is 1. The Labute approximate surface area is 75.7 Å². The molecule has 1 aliphatic carbocycles. The van der Waals surface area contributed by atoms with Crippen LogP contribution in [0, 0.1) is 5.82 Å². The van der Waals surface area contributed by atoms with Crippen LogP contribution >= 0.6 is 0 Å². The summed E-state index contributed by atoms with van der Waals surface area (Å²) in [6.07, 6.45) is 2.32. The van der Waals surface area contributed by atoms with Gasteiger partial charge in [-0.3, -0.25) is 0 Å². The van der Waals surface area contributed by atoms with Gasteiger partial charge in [0.15, 0.2) is 0 Å². The molecular formula is C10H10FNO. The van der Waals surface area contributed by atoms with Gasteiger partial charge in [0.05, 0.1) is 5.71 Å². The van der Waals surface area contributed by atoms with Gasteiger partial charge in [0.2, 0.25) is 0 Å². The van der Waals surface area contributed by atoms with Gasteiger partial charge in [-0.1, -0.05) is 17.3 Å². The molecule has 1 aromatic carbocycles. The van der Waals surface area contributed by atoms with E-state index in [0.717, 1.165) is 24.8 Å². The van der Waals surface area contributed by atoms with E-state index in [1.54, 1.807) is 12.1 Å². The molecule has 0 saturated heterocycles. The summed E-state index contributed by atoms with van der Waals surface area (Å²) < 4.78 is 13.2. The zero-order chi connectivity index (χ0) is 9.26. The standard InChI is InChI=1S/C10H10FNO/c11-9-5-1-4-8-7(9)3-2-6-10(8)12-13/h1,4-5,13H,2-3,6H2/b12-10+. The third-order valence-corrected chi connectivity index (χ3v) is 2.39. The molecular weight excluding hydrogens is 169 g/mol. The van der Waals surface area contributed by atoms with Crippen LogP contribution in [0.15, 0.2) is 23.4 Å². The number of nitrogens with zero attached hydrogens (tertiary/aromatic N) is 1. The van der Waals surface area contributed by atoms with Crippen molar-refractivity contribution in [3.8, 4) is 0 Å². The third kappa shape index (κ3) is 1.30. The predicted octanol–water partition coefficient (Wildman–Crippen LogP) is 2.34. The molecule has 0 fully saturated rings. The van der Waals surface area contributed by atoms with Crippen LogP contribution in [0.3, 0.4) is 0 Å². The van der Waals surface area contributed by atoms with E-state index in [-0.39, 0.29) is 5.82 Å². The van der Waals surface area contributed by atoms with Gasteiger partial charge < -0.3 is 5.21 Å². The summed E-state index contributed by atoms with van der Waals surface area (Å²) in [6, 6.07) is 4.89. The molecule has 1 N–H and O–H groups in total. The average molecular weight is 179 g/mol. The quantitative estimate of drug-likeness (QED) is 0.481. The SMILES string of the molecule is O/N=C1\CCCc2c(F)cccc21. The Morgan fingerprint density at radius 1 is 1.31 bits per heavy atom. The molecule has 0 atom stereocenters. The summed E-state index contributed by atoms with van der Waals surface area (Å²) in [5, 5.41) is 11.9. The van der Waals surface area contributed by atoms with Gasteiger partial charge >= 0.3 is 0 Å². The van der Waals surface area contributed by atoms with E-state index in [1.165, 1.54) is 6.07 Å². The number of hydrogen-bond donors (Lipinski definition) is 1. The van der Waals surface area contributed by atoms with Crippen molar-refractivity contribution in [2.24, 2.45) is 5.16 Å². The molecule has 0 unspecified atom stereocenters. The average Bonchev–Trinajstić information content (AvgIpc) is 2.18. The van der Waals surface area contributed by atoms with E-state index in [1.807, 2.05) is 0 Å². The van der Waals surface area contributed by atoms with Crippen molar-refractivity contribution in [2.45, 2.75) is 19.3 Å². The molecule has 68 valence electrons. The van der Waals surface area contributed by atoms with Crippen LogP contribution in [0.1, 0.15) is 24.0 Å². The van der Waals surface area contributed by atoms with Crippen LogP contribution in [0.5, 0.6) is 0 Å². The Balaban J connectivity index is 2.58. The van der Waals surface area contributed by atoms with Crippen LogP contribution in [-0.4, -0.2) is 10.9 Å². The minimum atomic E-state index is -0.196. The number of hydrogen-bond acceptors (Lipinski definition) is 2. The van der Waals surface area contributed by atoms with Crippen LogP contribution in [0.4, 0.5) is 4.39 Å². The van der Waals surface area contributed by atoms with Gasteiger partial charge in [0, 0.05) is 5.56 Å². The van der Waals surface area contributed by atoms with E-state index in [4.69, 9.17) is 5.21 Å². The van der Waals surface area contributed by atoms with E-state index >= 15 is 0 Å². The van der Waals surface area contributed by atoms with Crippen LogP contribution in [0.2, 0.25) is 0 Å². The van der Waals surface area contributed by atoms with Gasteiger partial charge in [-0.2, -0.15) is 0 Å². The minimum absolute atomic E-state index is 0.196. The first-order chi connectivity index (χ1) is 6.33. The molecule has 0 saturated carbocycles. The van der Waals surface area contributed by atoms with Gasteiger partial charge in [0.1, 0.15) is 5.82 Å². The Morgan fingerprint density at radius 2 is 2.15 bits per heavy atom. The van der Waals surface area contributed by atoms with Crippen molar-refractivity contribution < 1.29 is 9.60 Å². The molecule has 0 bridgehead atoms. The maximum Gasteiger partial charge on any atom is 0.127 e. The highest BCUT2D eigenvalue weighted by atomic mass is 19.1. The molecule has 0 radical (unpaired) electrons. The first kappa shape index (κ1) is 8.23. The molecule has 0 aliphatic heterocycles. The van der Waals surface area contributed by atoms with Crippen molar-refractivity contribution in [1.82, 2.24) is 0 Å². The lowest BCUT2D eigenvalue weighted by Gasteiger charge is -2.16. The lowest BCUT2D eigenvalue weighted by molar-refractivity contribution is 0.317. The highest BCUT2D eigenvalue weighted by Crippen LogP contribution is 2.23.